The first-order chi connectivity index (χ1) is 7.21. The molecule has 4 nitrogen and oxygen atoms in total. The molecular formula is C11H13NO3. The van der Waals surface area contributed by atoms with E-state index < -0.39 is 5.60 Å². The molecule has 3 rings (SSSR count). The first-order valence-electron chi connectivity index (χ1n) is 5.43. The van der Waals surface area contributed by atoms with Crippen molar-refractivity contribution >= 4 is 11.9 Å². The third-order valence-corrected chi connectivity index (χ3v) is 3.65. The standard InChI is InChI=1S/C11H13NO3/c13-9-3-2-8-11(5-1-7-12(8)9)6-4-10(14)15-11/h4,6,8H,1-3,5,7H2/t8-,11+/m1/s1. The maximum Gasteiger partial charge on any atom is 0.331 e. The molecular weight excluding hydrogens is 194 g/mol. The van der Waals surface area contributed by atoms with Gasteiger partial charge in [0.25, 0.3) is 0 Å². The summed E-state index contributed by atoms with van der Waals surface area (Å²) in [6, 6.07) is 0.0847. The van der Waals surface area contributed by atoms with Gasteiger partial charge in [-0.2, -0.15) is 0 Å². The number of fused-ring (bicyclic) bond motifs is 2. The molecule has 0 aromatic heterocycles. The van der Waals surface area contributed by atoms with Crippen LogP contribution in [0.15, 0.2) is 12.2 Å². The minimum Gasteiger partial charge on any atom is -0.449 e. The van der Waals surface area contributed by atoms with Crippen LogP contribution in [-0.2, 0) is 14.3 Å². The third-order valence-electron chi connectivity index (χ3n) is 3.65. The van der Waals surface area contributed by atoms with Crippen molar-refractivity contribution in [2.24, 2.45) is 0 Å². The van der Waals surface area contributed by atoms with Crippen molar-refractivity contribution in [3.05, 3.63) is 12.2 Å². The van der Waals surface area contributed by atoms with Crippen LogP contribution in [0.25, 0.3) is 0 Å². The molecule has 0 N–H and O–H groups in total. The number of hydrogen-bond donors (Lipinski definition) is 0. The zero-order valence-corrected chi connectivity index (χ0v) is 8.44. The summed E-state index contributed by atoms with van der Waals surface area (Å²) in [5, 5.41) is 0. The number of carbonyl (C=O) groups excluding carboxylic acids is 2. The van der Waals surface area contributed by atoms with Crippen LogP contribution in [0.3, 0.4) is 0 Å². The van der Waals surface area contributed by atoms with Crippen LogP contribution in [0, 0.1) is 0 Å². The maximum atomic E-state index is 11.6. The number of hydrogen-bond acceptors (Lipinski definition) is 3. The zero-order chi connectivity index (χ0) is 10.5. The molecule has 80 valence electrons. The van der Waals surface area contributed by atoms with Crippen LogP contribution in [0.2, 0.25) is 0 Å². The van der Waals surface area contributed by atoms with Crippen molar-refractivity contribution in [2.45, 2.75) is 37.3 Å². The molecule has 15 heavy (non-hydrogen) atoms. The van der Waals surface area contributed by atoms with E-state index >= 15 is 0 Å². The van der Waals surface area contributed by atoms with E-state index in [1.807, 2.05) is 11.0 Å². The summed E-state index contributed by atoms with van der Waals surface area (Å²) in [5.74, 6) is -0.0633. The Morgan fingerprint density at radius 2 is 2.33 bits per heavy atom. The number of carbonyl (C=O) groups is 2. The van der Waals surface area contributed by atoms with E-state index in [1.165, 1.54) is 6.08 Å². The quantitative estimate of drug-likeness (QED) is 0.547. The van der Waals surface area contributed by atoms with Gasteiger partial charge in [0.2, 0.25) is 5.91 Å². The predicted molar refractivity (Wildman–Crippen MR) is 51.9 cm³/mol. The van der Waals surface area contributed by atoms with Gasteiger partial charge in [-0.25, -0.2) is 4.79 Å². The van der Waals surface area contributed by atoms with Crippen molar-refractivity contribution in [2.75, 3.05) is 6.54 Å². The lowest BCUT2D eigenvalue weighted by molar-refractivity contribution is -0.157. The molecule has 0 unspecified atom stereocenters. The van der Waals surface area contributed by atoms with E-state index in [0.717, 1.165) is 25.8 Å². The predicted octanol–water partition coefficient (Wildman–Crippen LogP) is 0.623. The Balaban J connectivity index is 1.94. The molecule has 3 aliphatic rings. The molecule has 3 heterocycles. The molecule has 2 atom stereocenters. The normalized spacial score (nSPS) is 38.7. The molecule has 2 fully saturated rings. The lowest BCUT2D eigenvalue weighted by Crippen LogP contribution is -2.54. The molecule has 0 saturated carbocycles. The van der Waals surface area contributed by atoms with Crippen molar-refractivity contribution < 1.29 is 14.3 Å². The van der Waals surface area contributed by atoms with Crippen LogP contribution in [0.4, 0.5) is 0 Å². The Morgan fingerprint density at radius 1 is 1.47 bits per heavy atom. The summed E-state index contributed by atoms with van der Waals surface area (Å²) in [6.07, 6.45) is 6.52. The lowest BCUT2D eigenvalue weighted by atomic mass is 9.84. The fourth-order valence-corrected chi connectivity index (χ4v) is 2.99. The van der Waals surface area contributed by atoms with Gasteiger partial charge in [0.05, 0.1) is 6.04 Å². The summed E-state index contributed by atoms with van der Waals surface area (Å²) in [5.41, 5.74) is -0.499. The van der Waals surface area contributed by atoms with Gasteiger partial charge in [-0.1, -0.05) is 0 Å². The third kappa shape index (κ3) is 1.14. The van der Waals surface area contributed by atoms with Crippen LogP contribution in [0.5, 0.6) is 0 Å². The lowest BCUT2D eigenvalue weighted by Gasteiger charge is -2.42. The molecule has 0 radical (unpaired) electrons. The minimum absolute atomic E-state index is 0.0847. The second kappa shape index (κ2) is 2.84. The molecule has 0 aliphatic carbocycles. The van der Waals surface area contributed by atoms with E-state index in [9.17, 15) is 9.59 Å². The van der Waals surface area contributed by atoms with Gasteiger partial charge >= 0.3 is 5.97 Å². The molecule has 3 aliphatic heterocycles. The van der Waals surface area contributed by atoms with Crippen LogP contribution in [0.1, 0.15) is 25.7 Å². The van der Waals surface area contributed by atoms with E-state index in [-0.39, 0.29) is 17.9 Å². The Morgan fingerprint density at radius 3 is 3.07 bits per heavy atom. The van der Waals surface area contributed by atoms with E-state index in [4.69, 9.17) is 4.74 Å². The highest BCUT2D eigenvalue weighted by molar-refractivity contribution is 5.86. The molecule has 2 saturated heterocycles. The Labute approximate surface area is 87.9 Å². The van der Waals surface area contributed by atoms with Gasteiger partial charge in [0, 0.05) is 19.0 Å². The van der Waals surface area contributed by atoms with Crippen LogP contribution >= 0.6 is 0 Å². The first-order valence-corrected chi connectivity index (χ1v) is 5.43. The molecule has 0 bridgehead atoms. The summed E-state index contributed by atoms with van der Waals surface area (Å²) >= 11 is 0. The van der Waals surface area contributed by atoms with E-state index in [0.29, 0.717) is 6.42 Å². The van der Waals surface area contributed by atoms with Gasteiger partial charge in [0.1, 0.15) is 0 Å². The van der Waals surface area contributed by atoms with Gasteiger partial charge in [-0.05, 0) is 25.3 Å². The summed E-state index contributed by atoms with van der Waals surface area (Å²) in [6.45, 7) is 0.816. The number of nitrogens with zero attached hydrogens (tertiary/aromatic N) is 1. The van der Waals surface area contributed by atoms with Crippen LogP contribution in [-0.4, -0.2) is 35.0 Å². The topological polar surface area (TPSA) is 46.6 Å². The van der Waals surface area contributed by atoms with Gasteiger partial charge in [-0.15, -0.1) is 0 Å². The highest BCUT2D eigenvalue weighted by Crippen LogP contribution is 2.41. The van der Waals surface area contributed by atoms with Gasteiger partial charge in [-0.3, -0.25) is 4.79 Å². The number of amides is 1. The largest absolute Gasteiger partial charge is 0.449 e. The Bertz CT molecular complexity index is 363. The molecule has 0 aromatic rings. The summed E-state index contributed by atoms with van der Waals surface area (Å²) < 4.78 is 5.41. The highest BCUT2D eigenvalue weighted by atomic mass is 16.6. The van der Waals surface area contributed by atoms with E-state index in [1.54, 1.807) is 0 Å². The van der Waals surface area contributed by atoms with Crippen molar-refractivity contribution in [1.82, 2.24) is 4.90 Å². The maximum absolute atomic E-state index is 11.6. The number of piperidine rings is 1. The zero-order valence-electron chi connectivity index (χ0n) is 8.44. The molecule has 1 amide bonds. The molecule has 4 heteroatoms. The average molecular weight is 207 g/mol. The fraction of sp³-hybridized carbons (Fsp3) is 0.636. The van der Waals surface area contributed by atoms with Crippen molar-refractivity contribution in [3.8, 4) is 0 Å². The van der Waals surface area contributed by atoms with E-state index in [2.05, 4.69) is 0 Å². The highest BCUT2D eigenvalue weighted by Gasteiger charge is 2.52. The Hall–Kier alpha value is -1.32. The van der Waals surface area contributed by atoms with Gasteiger partial charge < -0.3 is 9.64 Å². The van der Waals surface area contributed by atoms with Crippen LogP contribution < -0.4 is 0 Å². The monoisotopic (exact) mass is 207 g/mol. The summed E-state index contributed by atoms with van der Waals surface area (Å²) in [4.78, 5) is 24.6. The number of rotatable bonds is 0. The van der Waals surface area contributed by atoms with Gasteiger partial charge in [0.15, 0.2) is 5.60 Å². The number of esters is 1. The van der Waals surface area contributed by atoms with Crippen molar-refractivity contribution in [3.63, 3.8) is 0 Å². The first kappa shape index (κ1) is 8.95. The second-order valence-corrected chi connectivity index (χ2v) is 4.45. The number of ether oxygens (including phenoxy) is 1. The molecule has 0 aromatic carbocycles. The minimum atomic E-state index is -0.499. The summed E-state index contributed by atoms with van der Waals surface area (Å²) in [7, 11) is 0. The second-order valence-electron chi connectivity index (χ2n) is 4.45. The fourth-order valence-electron chi connectivity index (χ4n) is 2.99. The Kier molecular flexibility index (Phi) is 1.69. The average Bonchev–Trinajstić information content (AvgIpc) is 2.75. The SMILES string of the molecule is O=C1C=C[C@]2(CCCN3C(=O)CC[C@@H]32)O1. The smallest absolute Gasteiger partial charge is 0.331 e. The van der Waals surface area contributed by atoms with Crippen molar-refractivity contribution in [1.29, 1.82) is 0 Å². The molecule has 1 spiro atoms.